The maximum absolute atomic E-state index is 5.58. The van der Waals surface area contributed by atoms with Crippen LogP contribution in [0.5, 0.6) is 0 Å². The molecule has 15 heavy (non-hydrogen) atoms. The largest absolute Gasteiger partial charge is 0.375 e. The highest BCUT2D eigenvalue weighted by molar-refractivity contribution is 7.98. The van der Waals surface area contributed by atoms with Crippen molar-refractivity contribution >= 4 is 11.8 Å². The molecule has 3 heteroatoms. The molecule has 1 aliphatic heterocycles. The van der Waals surface area contributed by atoms with Crippen LogP contribution in [0.1, 0.15) is 5.56 Å². The molecule has 1 aromatic carbocycles. The molecule has 1 N–H and O–H groups in total. The number of ether oxygens (including phenoxy) is 1. The normalized spacial score (nSPS) is 18.5. The van der Waals surface area contributed by atoms with Crippen LogP contribution in [-0.4, -0.2) is 32.1 Å². The van der Waals surface area contributed by atoms with E-state index in [1.165, 1.54) is 10.5 Å². The highest BCUT2D eigenvalue weighted by atomic mass is 32.2. The van der Waals surface area contributed by atoms with E-state index in [4.69, 9.17) is 4.74 Å². The topological polar surface area (TPSA) is 21.3 Å². The van der Waals surface area contributed by atoms with Crippen molar-refractivity contribution in [2.45, 2.75) is 16.9 Å². The predicted molar refractivity (Wildman–Crippen MR) is 64.5 cm³/mol. The zero-order valence-electron chi connectivity index (χ0n) is 9.25. The molecular formula is C12H17NOS. The third-order valence-electron chi connectivity index (χ3n) is 2.99. The van der Waals surface area contributed by atoms with E-state index in [1.807, 2.05) is 0 Å². The van der Waals surface area contributed by atoms with Crippen molar-refractivity contribution in [3.8, 4) is 0 Å². The second-order valence-electron chi connectivity index (χ2n) is 4.02. The Morgan fingerprint density at radius 3 is 2.80 bits per heavy atom. The number of methoxy groups -OCH3 is 1. The first-order chi connectivity index (χ1) is 7.28. The van der Waals surface area contributed by atoms with Crippen LogP contribution in [0.3, 0.4) is 0 Å². The number of nitrogens with one attached hydrogen (secondary N) is 1. The average molecular weight is 223 g/mol. The Kier molecular flexibility index (Phi) is 3.34. The Morgan fingerprint density at radius 2 is 2.27 bits per heavy atom. The maximum atomic E-state index is 5.58. The molecule has 0 aliphatic carbocycles. The van der Waals surface area contributed by atoms with Crippen LogP contribution in [0.25, 0.3) is 0 Å². The van der Waals surface area contributed by atoms with E-state index in [0.717, 1.165) is 19.5 Å². The van der Waals surface area contributed by atoms with Gasteiger partial charge in [0, 0.05) is 31.5 Å². The van der Waals surface area contributed by atoms with Crippen LogP contribution in [0.4, 0.5) is 0 Å². The standard InChI is InChI=1S/C12H17NOS/c1-14-12(8-13-9-12)7-10-4-3-5-11(6-10)15-2/h3-6,13H,7-9H2,1-2H3. The fourth-order valence-electron chi connectivity index (χ4n) is 1.90. The van der Waals surface area contributed by atoms with Crippen LogP contribution in [-0.2, 0) is 11.2 Å². The Hall–Kier alpha value is -0.510. The molecule has 1 heterocycles. The third-order valence-corrected chi connectivity index (χ3v) is 3.71. The summed E-state index contributed by atoms with van der Waals surface area (Å²) in [4.78, 5) is 1.33. The van der Waals surface area contributed by atoms with Crippen LogP contribution in [0.2, 0.25) is 0 Å². The van der Waals surface area contributed by atoms with Crippen molar-refractivity contribution in [3.63, 3.8) is 0 Å². The highest BCUT2D eigenvalue weighted by Gasteiger charge is 2.36. The quantitative estimate of drug-likeness (QED) is 0.788. The number of rotatable bonds is 4. The maximum Gasteiger partial charge on any atom is 0.0966 e. The molecule has 2 nitrogen and oxygen atoms in total. The first-order valence-corrected chi connectivity index (χ1v) is 6.39. The molecule has 0 amide bonds. The van der Waals surface area contributed by atoms with Crippen molar-refractivity contribution in [2.24, 2.45) is 0 Å². The van der Waals surface area contributed by atoms with E-state index < -0.39 is 0 Å². The average Bonchev–Trinajstić information content (AvgIpc) is 2.24. The summed E-state index contributed by atoms with van der Waals surface area (Å²) >= 11 is 1.79. The third kappa shape index (κ3) is 2.36. The zero-order chi connectivity index (χ0) is 10.7. The summed E-state index contributed by atoms with van der Waals surface area (Å²) in [6.07, 6.45) is 3.11. The van der Waals surface area contributed by atoms with Crippen molar-refractivity contribution in [3.05, 3.63) is 29.8 Å². The molecule has 0 aromatic heterocycles. The zero-order valence-corrected chi connectivity index (χ0v) is 10.1. The van der Waals surface area contributed by atoms with Gasteiger partial charge in [-0.05, 0) is 24.0 Å². The molecule has 0 bridgehead atoms. The van der Waals surface area contributed by atoms with Gasteiger partial charge in [-0.2, -0.15) is 0 Å². The molecule has 0 saturated carbocycles. The second-order valence-corrected chi connectivity index (χ2v) is 4.90. The van der Waals surface area contributed by atoms with E-state index >= 15 is 0 Å². The Morgan fingerprint density at radius 1 is 1.47 bits per heavy atom. The highest BCUT2D eigenvalue weighted by Crippen LogP contribution is 2.24. The van der Waals surface area contributed by atoms with Crippen LogP contribution in [0.15, 0.2) is 29.2 Å². The van der Waals surface area contributed by atoms with E-state index in [2.05, 4.69) is 35.8 Å². The smallest absolute Gasteiger partial charge is 0.0966 e. The van der Waals surface area contributed by atoms with Crippen molar-refractivity contribution in [2.75, 3.05) is 26.5 Å². The molecule has 0 unspecified atom stereocenters. The SMILES string of the molecule is COC1(Cc2cccc(SC)c2)CNC1. The number of thioether (sulfide) groups is 1. The van der Waals surface area contributed by atoms with E-state index in [0.29, 0.717) is 0 Å². The lowest BCUT2D eigenvalue weighted by Crippen LogP contribution is -2.61. The molecule has 1 aliphatic rings. The summed E-state index contributed by atoms with van der Waals surface area (Å²) in [5.41, 5.74) is 1.40. The first-order valence-electron chi connectivity index (χ1n) is 5.17. The lowest BCUT2D eigenvalue weighted by atomic mass is 9.89. The Labute approximate surface area is 95.4 Å². The van der Waals surface area contributed by atoms with E-state index in [9.17, 15) is 0 Å². The number of hydrogen-bond donors (Lipinski definition) is 1. The minimum Gasteiger partial charge on any atom is -0.375 e. The predicted octanol–water partition coefficient (Wildman–Crippen LogP) is 1.94. The lowest BCUT2D eigenvalue weighted by Gasteiger charge is -2.41. The van der Waals surface area contributed by atoms with Gasteiger partial charge in [0.2, 0.25) is 0 Å². The van der Waals surface area contributed by atoms with Gasteiger partial charge in [0.1, 0.15) is 0 Å². The minimum absolute atomic E-state index is 0.0387. The summed E-state index contributed by atoms with van der Waals surface area (Å²) in [6, 6.07) is 8.70. The molecule has 82 valence electrons. The molecule has 0 atom stereocenters. The Bertz CT molecular complexity index is 331. The fraction of sp³-hybridized carbons (Fsp3) is 0.500. The van der Waals surface area contributed by atoms with Gasteiger partial charge in [0.15, 0.2) is 0 Å². The van der Waals surface area contributed by atoms with Crippen LogP contribution in [0, 0.1) is 0 Å². The van der Waals surface area contributed by atoms with Crippen molar-refractivity contribution in [1.29, 1.82) is 0 Å². The van der Waals surface area contributed by atoms with Gasteiger partial charge in [-0.1, -0.05) is 12.1 Å². The van der Waals surface area contributed by atoms with Crippen molar-refractivity contribution in [1.82, 2.24) is 5.32 Å². The fourth-order valence-corrected chi connectivity index (χ4v) is 2.38. The summed E-state index contributed by atoms with van der Waals surface area (Å²) in [5.74, 6) is 0. The summed E-state index contributed by atoms with van der Waals surface area (Å²) in [5, 5.41) is 3.27. The summed E-state index contributed by atoms with van der Waals surface area (Å²) in [6.45, 7) is 1.93. The van der Waals surface area contributed by atoms with Crippen molar-refractivity contribution < 1.29 is 4.74 Å². The molecule has 1 saturated heterocycles. The summed E-state index contributed by atoms with van der Waals surface area (Å²) < 4.78 is 5.58. The molecular weight excluding hydrogens is 206 g/mol. The first kappa shape index (κ1) is 11.0. The van der Waals surface area contributed by atoms with Gasteiger partial charge in [-0.15, -0.1) is 11.8 Å². The van der Waals surface area contributed by atoms with Gasteiger partial charge in [0.25, 0.3) is 0 Å². The molecule has 0 spiro atoms. The van der Waals surface area contributed by atoms with E-state index in [1.54, 1.807) is 18.9 Å². The lowest BCUT2D eigenvalue weighted by molar-refractivity contribution is -0.0502. The van der Waals surface area contributed by atoms with Gasteiger partial charge in [-0.25, -0.2) is 0 Å². The summed E-state index contributed by atoms with van der Waals surface area (Å²) in [7, 11) is 1.80. The number of benzene rings is 1. The second kappa shape index (κ2) is 4.56. The van der Waals surface area contributed by atoms with Gasteiger partial charge in [0.05, 0.1) is 5.60 Å². The minimum atomic E-state index is 0.0387. The van der Waals surface area contributed by atoms with Crippen LogP contribution >= 0.6 is 11.8 Å². The number of hydrogen-bond acceptors (Lipinski definition) is 3. The van der Waals surface area contributed by atoms with Crippen LogP contribution < -0.4 is 5.32 Å². The molecule has 1 aromatic rings. The monoisotopic (exact) mass is 223 g/mol. The van der Waals surface area contributed by atoms with E-state index in [-0.39, 0.29) is 5.60 Å². The molecule has 2 rings (SSSR count). The molecule has 1 fully saturated rings. The molecule has 0 radical (unpaired) electrons. The van der Waals surface area contributed by atoms with Gasteiger partial charge >= 0.3 is 0 Å². The van der Waals surface area contributed by atoms with Gasteiger partial charge in [-0.3, -0.25) is 0 Å². The van der Waals surface area contributed by atoms with Gasteiger partial charge < -0.3 is 10.1 Å². The Balaban J connectivity index is 2.09.